The Morgan fingerprint density at radius 2 is 2.20 bits per heavy atom. The minimum atomic E-state index is -1.08. The van der Waals surface area contributed by atoms with E-state index in [1.807, 2.05) is 24.8 Å². The van der Waals surface area contributed by atoms with Crippen molar-refractivity contribution in [3.63, 3.8) is 0 Å². The topological polar surface area (TPSA) is 73.7 Å². The highest BCUT2D eigenvalue weighted by molar-refractivity contribution is 5.84. The number of pyridine rings is 1. The van der Waals surface area contributed by atoms with Crippen LogP contribution in [-0.4, -0.2) is 40.4 Å². The van der Waals surface area contributed by atoms with Gasteiger partial charge >= 0.3 is 5.97 Å². The first-order chi connectivity index (χ1) is 11.9. The minimum Gasteiger partial charge on any atom is -0.481 e. The van der Waals surface area contributed by atoms with E-state index in [1.165, 1.54) is 12.1 Å². The zero-order chi connectivity index (χ0) is 18.2. The molecular formula is C19H23FN2O3. The molecule has 2 N–H and O–H groups in total. The number of hydrogen-bond acceptors (Lipinski definition) is 4. The summed E-state index contributed by atoms with van der Waals surface area (Å²) in [4.78, 5) is 18.2. The van der Waals surface area contributed by atoms with Crippen LogP contribution in [0.5, 0.6) is 0 Å². The molecule has 1 aromatic heterocycles. The first-order valence-corrected chi connectivity index (χ1v) is 8.60. The highest BCUT2D eigenvalue weighted by Crippen LogP contribution is 2.38. The highest BCUT2D eigenvalue weighted by Gasteiger charge is 2.48. The van der Waals surface area contributed by atoms with Gasteiger partial charge in [0.25, 0.3) is 0 Å². The number of benzene rings is 1. The Labute approximate surface area is 146 Å². The molecule has 1 fully saturated rings. The number of aliphatic carboxylic acids is 1. The molecule has 2 atom stereocenters. The predicted octanol–water partition coefficient (Wildman–Crippen LogP) is 3.12. The van der Waals surface area contributed by atoms with Crippen LogP contribution in [-0.2, 0) is 4.79 Å². The molecule has 1 aromatic carbocycles. The number of aliphatic hydroxyl groups is 1. The van der Waals surface area contributed by atoms with E-state index in [1.54, 1.807) is 6.07 Å². The lowest BCUT2D eigenvalue weighted by Crippen LogP contribution is -2.55. The maximum absolute atomic E-state index is 13.4. The second-order valence-electron chi connectivity index (χ2n) is 6.88. The van der Waals surface area contributed by atoms with E-state index in [-0.39, 0.29) is 12.4 Å². The molecule has 3 rings (SSSR count). The molecule has 6 heteroatoms. The summed E-state index contributed by atoms with van der Waals surface area (Å²) in [6, 6.07) is 6.34. The summed E-state index contributed by atoms with van der Waals surface area (Å²) >= 11 is 0. The van der Waals surface area contributed by atoms with Gasteiger partial charge in [0.1, 0.15) is 11.6 Å². The van der Waals surface area contributed by atoms with Gasteiger partial charge in [-0.15, -0.1) is 0 Å². The molecule has 2 heterocycles. The first-order valence-electron chi connectivity index (χ1n) is 8.60. The number of carbonyl (C=O) groups is 1. The van der Waals surface area contributed by atoms with Gasteiger partial charge in [-0.3, -0.25) is 4.79 Å². The predicted molar refractivity (Wildman–Crippen MR) is 94.3 cm³/mol. The lowest BCUT2D eigenvalue weighted by atomic mass is 9.73. The van der Waals surface area contributed by atoms with Gasteiger partial charge < -0.3 is 15.1 Å². The zero-order valence-electron chi connectivity index (χ0n) is 14.5. The number of nitrogens with zero attached hydrogens (tertiary/aromatic N) is 2. The molecule has 1 saturated heterocycles. The van der Waals surface area contributed by atoms with Gasteiger partial charge in [0.05, 0.1) is 17.0 Å². The molecule has 0 spiro atoms. The van der Waals surface area contributed by atoms with Crippen molar-refractivity contribution in [2.45, 2.75) is 39.2 Å². The summed E-state index contributed by atoms with van der Waals surface area (Å²) in [7, 11) is 0. The Kier molecular flexibility index (Phi) is 4.64. The van der Waals surface area contributed by atoms with Crippen molar-refractivity contribution in [2.24, 2.45) is 5.41 Å². The molecule has 0 unspecified atom stereocenters. The van der Waals surface area contributed by atoms with Crippen LogP contribution in [0.1, 0.15) is 31.7 Å². The van der Waals surface area contributed by atoms with Crippen LogP contribution in [0.2, 0.25) is 0 Å². The summed E-state index contributed by atoms with van der Waals surface area (Å²) in [5, 5.41) is 21.0. The van der Waals surface area contributed by atoms with E-state index in [4.69, 9.17) is 0 Å². The van der Waals surface area contributed by atoms with E-state index < -0.39 is 17.5 Å². The number of aryl methyl sites for hydroxylation is 1. The van der Waals surface area contributed by atoms with Crippen LogP contribution < -0.4 is 4.90 Å². The quantitative estimate of drug-likeness (QED) is 0.890. The molecule has 0 aliphatic carbocycles. The van der Waals surface area contributed by atoms with Crippen molar-refractivity contribution < 1.29 is 19.4 Å². The van der Waals surface area contributed by atoms with Gasteiger partial charge in [-0.2, -0.15) is 0 Å². The second-order valence-corrected chi connectivity index (χ2v) is 6.88. The molecule has 0 radical (unpaired) electrons. The average Bonchev–Trinajstić information content (AvgIpc) is 2.57. The maximum atomic E-state index is 13.4. The maximum Gasteiger partial charge on any atom is 0.312 e. The number of fused-ring (bicyclic) bond motifs is 1. The fourth-order valence-electron chi connectivity index (χ4n) is 3.79. The van der Waals surface area contributed by atoms with Crippen molar-refractivity contribution in [1.82, 2.24) is 4.98 Å². The summed E-state index contributed by atoms with van der Waals surface area (Å²) in [5.41, 5.74) is 0.507. The SMILES string of the molecule is CCC[C@]1(C(=O)O)CCN(c2cc(C)c3cc(F)ccc3n2)C[C@@H]1O. The van der Waals surface area contributed by atoms with Crippen molar-refractivity contribution in [2.75, 3.05) is 18.0 Å². The standard InChI is InChI=1S/C19H23FN2O3/c1-3-6-19(18(24)25)7-8-22(11-16(19)23)17-9-12(2)14-10-13(20)4-5-15(14)21-17/h4-5,9-10,16,23H,3,6-8,11H2,1-2H3,(H,24,25)/t16-,19-/m0/s1. The number of hydrogen-bond donors (Lipinski definition) is 2. The smallest absolute Gasteiger partial charge is 0.312 e. The zero-order valence-corrected chi connectivity index (χ0v) is 14.5. The number of aromatic nitrogens is 1. The lowest BCUT2D eigenvalue weighted by Gasteiger charge is -2.43. The van der Waals surface area contributed by atoms with Crippen LogP contribution in [0.25, 0.3) is 10.9 Å². The van der Waals surface area contributed by atoms with Crippen molar-refractivity contribution in [3.05, 3.63) is 35.6 Å². The number of carboxylic acid groups (broad SMARTS) is 1. The summed E-state index contributed by atoms with van der Waals surface area (Å²) in [6.45, 7) is 4.57. The van der Waals surface area contributed by atoms with Crippen molar-refractivity contribution >= 4 is 22.7 Å². The van der Waals surface area contributed by atoms with Crippen LogP contribution in [0.3, 0.4) is 0 Å². The first kappa shape index (κ1) is 17.6. The minimum absolute atomic E-state index is 0.228. The molecule has 0 bridgehead atoms. The lowest BCUT2D eigenvalue weighted by molar-refractivity contribution is -0.159. The van der Waals surface area contributed by atoms with E-state index in [0.29, 0.717) is 37.1 Å². The summed E-state index contributed by atoms with van der Waals surface area (Å²) in [6.07, 6.45) is 0.590. The van der Waals surface area contributed by atoms with Gasteiger partial charge in [-0.25, -0.2) is 9.37 Å². The van der Waals surface area contributed by atoms with Crippen LogP contribution >= 0.6 is 0 Å². The monoisotopic (exact) mass is 346 g/mol. The summed E-state index contributed by atoms with van der Waals surface area (Å²) in [5.74, 6) is -0.546. The molecule has 5 nitrogen and oxygen atoms in total. The number of carboxylic acids is 1. The van der Waals surface area contributed by atoms with Crippen molar-refractivity contribution in [3.8, 4) is 0 Å². The van der Waals surface area contributed by atoms with Gasteiger partial charge in [-0.1, -0.05) is 13.3 Å². The van der Waals surface area contributed by atoms with Gasteiger partial charge in [0.2, 0.25) is 0 Å². The Morgan fingerprint density at radius 1 is 1.44 bits per heavy atom. The Bertz CT molecular complexity index is 811. The number of rotatable bonds is 4. The number of aliphatic hydroxyl groups excluding tert-OH is 1. The van der Waals surface area contributed by atoms with E-state index in [0.717, 1.165) is 10.9 Å². The van der Waals surface area contributed by atoms with Crippen molar-refractivity contribution in [1.29, 1.82) is 0 Å². The molecule has 1 aliphatic rings. The van der Waals surface area contributed by atoms with Gasteiger partial charge in [0.15, 0.2) is 0 Å². The van der Waals surface area contributed by atoms with Crippen LogP contribution in [0.15, 0.2) is 24.3 Å². The van der Waals surface area contributed by atoms with Crippen LogP contribution in [0.4, 0.5) is 10.2 Å². The van der Waals surface area contributed by atoms with E-state index >= 15 is 0 Å². The Morgan fingerprint density at radius 3 is 2.84 bits per heavy atom. The van der Waals surface area contributed by atoms with Crippen LogP contribution in [0, 0.1) is 18.2 Å². The third-order valence-electron chi connectivity index (χ3n) is 5.27. The molecule has 134 valence electrons. The fraction of sp³-hybridized carbons (Fsp3) is 0.474. The Hall–Kier alpha value is -2.21. The van der Waals surface area contributed by atoms with Gasteiger partial charge in [-0.05, 0) is 49.6 Å². The molecule has 0 amide bonds. The van der Waals surface area contributed by atoms with E-state index in [2.05, 4.69) is 4.98 Å². The number of piperidine rings is 1. The normalized spacial score (nSPS) is 23.8. The average molecular weight is 346 g/mol. The fourth-order valence-corrected chi connectivity index (χ4v) is 3.79. The number of anilines is 1. The number of β-amino-alcohol motifs (C(OH)–C–C–N with tert-alkyl or cyclic N) is 1. The molecule has 25 heavy (non-hydrogen) atoms. The molecule has 0 saturated carbocycles. The largest absolute Gasteiger partial charge is 0.481 e. The van der Waals surface area contributed by atoms with E-state index in [9.17, 15) is 19.4 Å². The molecular weight excluding hydrogens is 323 g/mol. The third-order valence-corrected chi connectivity index (χ3v) is 5.27. The molecule has 2 aromatic rings. The highest BCUT2D eigenvalue weighted by atomic mass is 19.1. The Balaban J connectivity index is 1.91. The summed E-state index contributed by atoms with van der Waals surface area (Å²) < 4.78 is 13.4. The number of halogens is 1. The second kappa shape index (κ2) is 6.59. The van der Waals surface area contributed by atoms with Gasteiger partial charge in [0, 0.05) is 18.5 Å². The third kappa shape index (κ3) is 3.06. The molecule has 1 aliphatic heterocycles.